The van der Waals surface area contributed by atoms with E-state index in [0.29, 0.717) is 5.56 Å². The summed E-state index contributed by atoms with van der Waals surface area (Å²) >= 11 is 0. The van der Waals surface area contributed by atoms with Gasteiger partial charge in [0.2, 0.25) is 0 Å². The van der Waals surface area contributed by atoms with Crippen LogP contribution >= 0.6 is 0 Å². The number of para-hydroxylation sites is 2. The lowest BCUT2D eigenvalue weighted by molar-refractivity contribution is 0.332. The SMILES string of the molecule is [2H]C([2H])([2H])c1cc2c3c(c1)N(c1ccc4c(c1)C(C)(C)CCC4(C)C)c1cc4c(cc1B3c1ccc(N(c3ccccc3)c3ccccc3)cc1N2c1ccc2c(c1)-c1ccc(C(C)(C)C)cc1C2(C)C)C(C)(C)CCC4(C)C. The first kappa shape index (κ1) is 45.4. The van der Waals surface area contributed by atoms with Gasteiger partial charge in [0.25, 0.3) is 6.71 Å². The Balaban J connectivity index is 1.14. The lowest BCUT2D eigenvalue weighted by atomic mass is 9.33. The predicted molar refractivity (Wildman–Crippen MR) is 327 cm³/mol. The Labute approximate surface area is 459 Å². The molecule has 2 aliphatic heterocycles. The number of anilines is 9. The van der Waals surface area contributed by atoms with Crippen molar-refractivity contribution < 1.29 is 4.11 Å². The van der Waals surface area contributed by atoms with Crippen molar-refractivity contribution in [2.75, 3.05) is 14.7 Å². The van der Waals surface area contributed by atoms with E-state index in [1.54, 1.807) is 0 Å². The molecule has 0 fully saturated rings. The number of hydrogen-bond acceptors (Lipinski definition) is 3. The maximum absolute atomic E-state index is 9.36. The first-order chi connectivity index (χ1) is 37.2. The molecule has 0 spiro atoms. The first-order valence-electron chi connectivity index (χ1n) is 29.6. The van der Waals surface area contributed by atoms with Crippen LogP contribution in [0.5, 0.6) is 0 Å². The van der Waals surface area contributed by atoms with Gasteiger partial charge in [-0.3, -0.25) is 0 Å². The number of fused-ring (bicyclic) bond motifs is 9. The van der Waals surface area contributed by atoms with Crippen LogP contribution < -0.4 is 31.1 Å². The monoisotopic (exact) mass is 997 g/mol. The topological polar surface area (TPSA) is 9.72 Å². The van der Waals surface area contributed by atoms with Crippen LogP contribution in [0.2, 0.25) is 0 Å². The van der Waals surface area contributed by atoms with Gasteiger partial charge in [-0.15, -0.1) is 0 Å². The van der Waals surface area contributed by atoms with Crippen LogP contribution in [0.15, 0.2) is 158 Å². The van der Waals surface area contributed by atoms with Gasteiger partial charge >= 0.3 is 0 Å². The van der Waals surface area contributed by atoms with Crippen LogP contribution in [0, 0.1) is 6.85 Å². The number of nitrogens with zero attached hydrogens (tertiary/aromatic N) is 3. The molecule has 382 valence electrons. The highest BCUT2D eigenvalue weighted by Crippen LogP contribution is 2.55. The second-order valence-electron chi connectivity index (χ2n) is 27.4. The third-order valence-electron chi connectivity index (χ3n) is 19.2. The summed E-state index contributed by atoms with van der Waals surface area (Å²) in [5.41, 5.74) is 24.8. The van der Waals surface area contributed by atoms with E-state index in [1.807, 2.05) is 12.1 Å². The molecular weight excluding hydrogens is 918 g/mol. The van der Waals surface area contributed by atoms with Crippen molar-refractivity contribution in [2.45, 2.75) is 155 Å². The molecule has 0 aromatic heterocycles. The fourth-order valence-electron chi connectivity index (χ4n) is 14.4. The molecule has 3 aliphatic carbocycles. The van der Waals surface area contributed by atoms with Gasteiger partial charge in [-0.25, -0.2) is 0 Å². The lowest BCUT2D eigenvalue weighted by Crippen LogP contribution is -2.62. The van der Waals surface area contributed by atoms with Crippen LogP contribution in [-0.2, 0) is 32.5 Å². The summed E-state index contributed by atoms with van der Waals surface area (Å²) in [5.74, 6) is 0. The van der Waals surface area contributed by atoms with Crippen molar-refractivity contribution in [3.63, 3.8) is 0 Å². The fourth-order valence-corrected chi connectivity index (χ4v) is 14.4. The number of rotatable bonds is 5. The molecule has 0 N–H and O–H groups in total. The van der Waals surface area contributed by atoms with E-state index in [0.717, 1.165) is 82.3 Å². The van der Waals surface area contributed by atoms with Crippen molar-refractivity contribution in [1.29, 1.82) is 0 Å². The minimum Gasteiger partial charge on any atom is -0.311 e. The molecule has 2 heterocycles. The Morgan fingerprint density at radius 2 is 0.961 bits per heavy atom. The highest BCUT2D eigenvalue weighted by molar-refractivity contribution is 7.00. The summed E-state index contributed by atoms with van der Waals surface area (Å²) in [6.07, 6.45) is 4.40. The Morgan fingerprint density at radius 3 is 1.54 bits per heavy atom. The van der Waals surface area contributed by atoms with E-state index in [9.17, 15) is 4.11 Å². The zero-order valence-corrected chi connectivity index (χ0v) is 47.3. The van der Waals surface area contributed by atoms with Crippen molar-refractivity contribution in [1.82, 2.24) is 0 Å². The van der Waals surface area contributed by atoms with Gasteiger partial charge in [0, 0.05) is 60.7 Å². The third kappa shape index (κ3) is 7.28. The Morgan fingerprint density at radius 1 is 0.434 bits per heavy atom. The standard InChI is InChI=1S/C72H76BN3/c1-45-37-64-66-65(38-45)76(50-27-31-55-57(41-50)69(7,8)34-33-68(55,5)6)63-44-59-58(70(9,10)35-36-71(59,11)12)43-61(63)73(66)60-32-28-51(74(47-21-17-15-18-22-47)48-23-19-16-20-24-48)42-62(60)75(64)49-26-30-54-53(40-49)52-29-25-46(67(2,3)4)39-56(52)72(54,13)14/h15-32,37-44H,33-36H2,1-14H3/i1D3. The maximum Gasteiger partial charge on any atom is 0.252 e. The number of hydrogen-bond donors (Lipinski definition) is 0. The van der Waals surface area contributed by atoms with E-state index in [-0.39, 0.29) is 39.2 Å². The van der Waals surface area contributed by atoms with E-state index in [2.05, 4.69) is 250 Å². The molecule has 13 rings (SSSR count). The minimum absolute atomic E-state index is 0.000712. The molecule has 8 aromatic rings. The normalized spacial score (nSPS) is 19.1. The summed E-state index contributed by atoms with van der Waals surface area (Å²) < 4.78 is 28.1. The quantitative estimate of drug-likeness (QED) is 0.159. The molecule has 0 bridgehead atoms. The third-order valence-corrected chi connectivity index (χ3v) is 19.2. The molecule has 0 unspecified atom stereocenters. The van der Waals surface area contributed by atoms with Gasteiger partial charge in [0.1, 0.15) is 0 Å². The highest BCUT2D eigenvalue weighted by atomic mass is 15.2. The van der Waals surface area contributed by atoms with Crippen molar-refractivity contribution in [2.24, 2.45) is 0 Å². The van der Waals surface area contributed by atoms with Gasteiger partial charge in [-0.05, 0) is 210 Å². The second-order valence-corrected chi connectivity index (χ2v) is 27.4. The Kier molecular flexibility index (Phi) is 9.79. The first-order valence-corrected chi connectivity index (χ1v) is 28.1. The van der Waals surface area contributed by atoms with Crippen LogP contribution in [0.3, 0.4) is 0 Å². The average Bonchev–Trinajstić information content (AvgIpc) is 2.98. The highest BCUT2D eigenvalue weighted by Gasteiger charge is 2.48. The van der Waals surface area contributed by atoms with E-state index in [4.69, 9.17) is 0 Å². The summed E-state index contributed by atoms with van der Waals surface area (Å²) in [6.45, 7) is 28.3. The molecular formula is C72H76BN3. The van der Waals surface area contributed by atoms with Gasteiger partial charge in [0.15, 0.2) is 0 Å². The fraction of sp³-hybridized carbons (Fsp3) is 0.333. The van der Waals surface area contributed by atoms with Crippen LogP contribution in [-0.4, -0.2) is 6.71 Å². The van der Waals surface area contributed by atoms with Crippen LogP contribution in [0.25, 0.3) is 11.1 Å². The molecule has 8 aromatic carbocycles. The molecule has 5 aliphatic rings. The summed E-state index contributed by atoms with van der Waals surface area (Å²) in [5, 5.41) is 0. The smallest absolute Gasteiger partial charge is 0.252 e. The molecule has 3 nitrogen and oxygen atoms in total. The lowest BCUT2D eigenvalue weighted by Gasteiger charge is -2.48. The number of benzene rings is 8. The molecule has 4 heteroatoms. The minimum atomic E-state index is -2.41. The molecule has 76 heavy (non-hydrogen) atoms. The molecule has 0 saturated heterocycles. The Hall–Kier alpha value is -6.78. The second kappa shape index (κ2) is 16.4. The van der Waals surface area contributed by atoms with Gasteiger partial charge in [0.05, 0.1) is 0 Å². The summed E-state index contributed by atoms with van der Waals surface area (Å²) in [6, 6.07) is 58.9. The van der Waals surface area contributed by atoms with Crippen LogP contribution in [0.1, 0.15) is 164 Å². The largest absolute Gasteiger partial charge is 0.311 e. The van der Waals surface area contributed by atoms with Crippen molar-refractivity contribution in [3.05, 3.63) is 202 Å². The van der Waals surface area contributed by atoms with Crippen LogP contribution in [0.4, 0.5) is 51.2 Å². The molecule has 0 amide bonds. The van der Waals surface area contributed by atoms with Crippen molar-refractivity contribution in [3.8, 4) is 11.1 Å². The van der Waals surface area contributed by atoms with E-state index < -0.39 is 6.85 Å². The summed E-state index contributed by atoms with van der Waals surface area (Å²) in [7, 11) is 0. The van der Waals surface area contributed by atoms with E-state index in [1.165, 1.54) is 61.0 Å². The molecule has 0 saturated carbocycles. The van der Waals surface area contributed by atoms with E-state index >= 15 is 0 Å². The maximum atomic E-state index is 9.36. The Bertz CT molecular complexity index is 3780. The van der Waals surface area contributed by atoms with Crippen molar-refractivity contribution >= 4 is 74.3 Å². The molecule has 0 atom stereocenters. The average molecular weight is 997 g/mol. The number of aryl methyl sites for hydroxylation is 1. The summed E-state index contributed by atoms with van der Waals surface area (Å²) in [4.78, 5) is 7.26. The zero-order chi connectivity index (χ0) is 55.7. The van der Waals surface area contributed by atoms with Gasteiger partial charge in [-0.1, -0.05) is 169 Å². The predicted octanol–water partition coefficient (Wildman–Crippen LogP) is 17.8. The van der Waals surface area contributed by atoms with Gasteiger partial charge in [-0.2, -0.15) is 0 Å². The zero-order valence-electron chi connectivity index (χ0n) is 50.3. The molecule has 0 radical (unpaired) electrons. The van der Waals surface area contributed by atoms with Gasteiger partial charge < -0.3 is 14.7 Å².